The largest absolute Gasteiger partial charge is 0.488 e. The predicted molar refractivity (Wildman–Crippen MR) is 71.9 cm³/mol. The number of rotatable bonds is 8. The molecule has 0 aliphatic rings. The van der Waals surface area contributed by atoms with Gasteiger partial charge in [-0.05, 0) is 31.2 Å². The van der Waals surface area contributed by atoms with Crippen LogP contribution in [0.5, 0.6) is 5.75 Å². The minimum Gasteiger partial charge on any atom is -0.488 e. The number of esters is 1. The first-order valence-electron chi connectivity index (χ1n) is 6.27. The standard InChI is InChI=1S/C14H18O7/c1-3-21-14(18,12(16)13(17)19-2)9-20-11-6-4-10(8-15)5-7-11/h4-8,12,16,18H,3,9H2,1-2H3. The third kappa shape index (κ3) is 4.52. The van der Waals surface area contributed by atoms with Crippen molar-refractivity contribution in [2.24, 2.45) is 0 Å². The van der Waals surface area contributed by atoms with E-state index in [-0.39, 0.29) is 6.61 Å². The molecule has 2 N–H and O–H groups in total. The Morgan fingerprint density at radius 1 is 1.38 bits per heavy atom. The molecule has 0 aliphatic carbocycles. The van der Waals surface area contributed by atoms with Gasteiger partial charge in [0.2, 0.25) is 11.9 Å². The Bertz CT molecular complexity index is 471. The first-order chi connectivity index (χ1) is 9.96. The minimum absolute atomic E-state index is 0.0536. The minimum atomic E-state index is -2.23. The van der Waals surface area contributed by atoms with Crippen LogP contribution in [-0.4, -0.2) is 54.7 Å². The van der Waals surface area contributed by atoms with E-state index in [1.807, 2.05) is 0 Å². The number of aliphatic hydroxyl groups is 2. The lowest BCUT2D eigenvalue weighted by molar-refractivity contribution is -0.266. The maximum atomic E-state index is 11.3. The Morgan fingerprint density at radius 3 is 2.48 bits per heavy atom. The summed E-state index contributed by atoms with van der Waals surface area (Å²) >= 11 is 0. The van der Waals surface area contributed by atoms with Gasteiger partial charge in [-0.2, -0.15) is 0 Å². The number of carbonyl (C=O) groups is 2. The van der Waals surface area contributed by atoms with Crippen LogP contribution in [-0.2, 0) is 14.3 Å². The molecular weight excluding hydrogens is 280 g/mol. The first-order valence-corrected chi connectivity index (χ1v) is 6.27. The Kier molecular flexibility index (Phi) is 6.29. The van der Waals surface area contributed by atoms with Crippen LogP contribution in [0.25, 0.3) is 0 Å². The highest BCUT2D eigenvalue weighted by atomic mass is 16.7. The Labute approximate surface area is 122 Å². The maximum Gasteiger partial charge on any atom is 0.340 e. The lowest BCUT2D eigenvalue weighted by Gasteiger charge is -2.30. The van der Waals surface area contributed by atoms with Gasteiger partial charge in [0.1, 0.15) is 18.6 Å². The van der Waals surface area contributed by atoms with Crippen LogP contribution in [0.2, 0.25) is 0 Å². The molecule has 0 radical (unpaired) electrons. The van der Waals surface area contributed by atoms with Gasteiger partial charge in [-0.15, -0.1) is 0 Å². The van der Waals surface area contributed by atoms with Crippen LogP contribution >= 0.6 is 0 Å². The highest BCUT2D eigenvalue weighted by Crippen LogP contribution is 2.18. The van der Waals surface area contributed by atoms with Crippen molar-refractivity contribution in [3.8, 4) is 5.75 Å². The molecule has 0 amide bonds. The Hall–Kier alpha value is -1.96. The first kappa shape index (κ1) is 17.1. The van der Waals surface area contributed by atoms with Gasteiger partial charge in [0.15, 0.2) is 0 Å². The Balaban J connectivity index is 2.77. The summed E-state index contributed by atoms with van der Waals surface area (Å²) in [7, 11) is 1.08. The summed E-state index contributed by atoms with van der Waals surface area (Å²) in [5, 5.41) is 19.9. The van der Waals surface area contributed by atoms with Gasteiger partial charge in [-0.1, -0.05) is 0 Å². The zero-order valence-corrected chi connectivity index (χ0v) is 11.8. The molecule has 0 saturated carbocycles. The second kappa shape index (κ2) is 7.72. The smallest absolute Gasteiger partial charge is 0.340 e. The van der Waals surface area contributed by atoms with E-state index in [1.54, 1.807) is 6.92 Å². The molecule has 0 aliphatic heterocycles. The summed E-state index contributed by atoms with van der Waals surface area (Å²) in [6.07, 6.45) is -1.22. The topological polar surface area (TPSA) is 102 Å². The number of hydrogen-bond donors (Lipinski definition) is 2. The van der Waals surface area contributed by atoms with Crippen molar-refractivity contribution in [3.63, 3.8) is 0 Å². The van der Waals surface area contributed by atoms with Crippen molar-refractivity contribution in [2.75, 3.05) is 20.3 Å². The van der Waals surface area contributed by atoms with E-state index in [1.165, 1.54) is 24.3 Å². The van der Waals surface area contributed by atoms with Crippen molar-refractivity contribution in [1.29, 1.82) is 0 Å². The fraction of sp³-hybridized carbons (Fsp3) is 0.429. The van der Waals surface area contributed by atoms with E-state index in [2.05, 4.69) is 4.74 Å². The van der Waals surface area contributed by atoms with E-state index >= 15 is 0 Å². The van der Waals surface area contributed by atoms with Gasteiger partial charge in [0.25, 0.3) is 0 Å². The Morgan fingerprint density at radius 2 is 2.00 bits per heavy atom. The molecule has 0 heterocycles. The second-order valence-corrected chi connectivity index (χ2v) is 4.18. The van der Waals surface area contributed by atoms with Crippen molar-refractivity contribution >= 4 is 12.3 Å². The predicted octanol–water partition coefficient (Wildman–Crippen LogP) is 0.137. The third-order valence-electron chi connectivity index (χ3n) is 2.71. The zero-order valence-electron chi connectivity index (χ0n) is 11.8. The average Bonchev–Trinajstić information content (AvgIpc) is 2.52. The van der Waals surface area contributed by atoms with Crippen molar-refractivity contribution in [3.05, 3.63) is 29.8 Å². The molecule has 0 aromatic heterocycles. The van der Waals surface area contributed by atoms with Crippen molar-refractivity contribution in [1.82, 2.24) is 0 Å². The fourth-order valence-electron chi connectivity index (χ4n) is 1.57. The third-order valence-corrected chi connectivity index (χ3v) is 2.71. The summed E-state index contributed by atoms with van der Waals surface area (Å²) < 4.78 is 14.6. The summed E-state index contributed by atoms with van der Waals surface area (Å²) in [4.78, 5) is 21.9. The maximum absolute atomic E-state index is 11.3. The van der Waals surface area contributed by atoms with E-state index < -0.39 is 24.5 Å². The molecule has 0 spiro atoms. The molecule has 0 saturated heterocycles. The van der Waals surface area contributed by atoms with Gasteiger partial charge in [-0.3, -0.25) is 4.79 Å². The molecule has 1 aromatic carbocycles. The van der Waals surface area contributed by atoms with Crippen molar-refractivity contribution < 1.29 is 34.0 Å². The SMILES string of the molecule is CCOC(O)(COc1ccc(C=O)cc1)C(O)C(=O)OC. The molecule has 2 unspecified atom stereocenters. The molecule has 1 rings (SSSR count). The number of ether oxygens (including phenoxy) is 3. The highest BCUT2D eigenvalue weighted by molar-refractivity contribution is 5.75. The lowest BCUT2D eigenvalue weighted by atomic mass is 10.1. The lowest BCUT2D eigenvalue weighted by Crippen LogP contribution is -2.53. The fourth-order valence-corrected chi connectivity index (χ4v) is 1.57. The highest BCUT2D eigenvalue weighted by Gasteiger charge is 2.43. The van der Waals surface area contributed by atoms with E-state index in [4.69, 9.17) is 9.47 Å². The summed E-state index contributed by atoms with van der Waals surface area (Å²) in [6, 6.07) is 6.08. The van der Waals surface area contributed by atoms with Crippen LogP contribution in [0.1, 0.15) is 17.3 Å². The molecule has 21 heavy (non-hydrogen) atoms. The summed E-state index contributed by atoms with van der Waals surface area (Å²) in [6.45, 7) is 1.16. The van der Waals surface area contributed by atoms with Crippen LogP contribution in [0.3, 0.4) is 0 Å². The number of benzene rings is 1. The quantitative estimate of drug-likeness (QED) is 0.400. The molecule has 0 bridgehead atoms. The number of hydrogen-bond acceptors (Lipinski definition) is 7. The van der Waals surface area contributed by atoms with Gasteiger partial charge in [0.05, 0.1) is 7.11 Å². The van der Waals surface area contributed by atoms with Crippen LogP contribution in [0.15, 0.2) is 24.3 Å². The second-order valence-electron chi connectivity index (χ2n) is 4.18. The van der Waals surface area contributed by atoms with E-state index in [0.717, 1.165) is 7.11 Å². The summed E-state index contributed by atoms with van der Waals surface area (Å²) in [5.41, 5.74) is 0.469. The van der Waals surface area contributed by atoms with Crippen molar-refractivity contribution in [2.45, 2.75) is 18.8 Å². The molecule has 2 atom stereocenters. The zero-order chi connectivity index (χ0) is 15.9. The molecule has 116 valence electrons. The van der Waals surface area contributed by atoms with E-state index in [9.17, 15) is 19.8 Å². The molecule has 1 aromatic rings. The molecule has 7 heteroatoms. The average molecular weight is 298 g/mol. The molecule has 0 fully saturated rings. The van der Waals surface area contributed by atoms with Crippen LogP contribution < -0.4 is 4.74 Å². The van der Waals surface area contributed by atoms with Gasteiger partial charge in [0, 0.05) is 12.2 Å². The van der Waals surface area contributed by atoms with E-state index in [0.29, 0.717) is 17.6 Å². The molecule has 7 nitrogen and oxygen atoms in total. The van der Waals surface area contributed by atoms with Crippen LogP contribution in [0, 0.1) is 0 Å². The number of aldehydes is 1. The normalized spacial score (nSPS) is 14.9. The number of carbonyl (C=O) groups excluding carboxylic acids is 2. The van der Waals surface area contributed by atoms with Gasteiger partial charge in [-0.25, -0.2) is 4.79 Å². The molecular formula is C14H18O7. The van der Waals surface area contributed by atoms with Gasteiger partial charge >= 0.3 is 5.97 Å². The monoisotopic (exact) mass is 298 g/mol. The number of aliphatic hydroxyl groups excluding tert-OH is 1. The van der Waals surface area contributed by atoms with Gasteiger partial charge < -0.3 is 24.4 Å². The summed E-state index contributed by atoms with van der Waals surface area (Å²) in [5.74, 6) is -2.92. The van der Waals surface area contributed by atoms with Crippen LogP contribution in [0.4, 0.5) is 0 Å². The number of methoxy groups -OCH3 is 1.